The van der Waals surface area contributed by atoms with E-state index in [9.17, 15) is 9.59 Å². The van der Waals surface area contributed by atoms with Gasteiger partial charge in [0, 0.05) is 18.0 Å². The van der Waals surface area contributed by atoms with Crippen molar-refractivity contribution in [1.29, 1.82) is 0 Å². The van der Waals surface area contributed by atoms with E-state index in [1.54, 1.807) is 24.3 Å². The van der Waals surface area contributed by atoms with Crippen LogP contribution in [0.25, 0.3) is 0 Å². The molecule has 0 aliphatic heterocycles. The van der Waals surface area contributed by atoms with E-state index in [4.69, 9.17) is 4.74 Å². The molecule has 0 aromatic heterocycles. The van der Waals surface area contributed by atoms with Gasteiger partial charge in [-0.1, -0.05) is 33.1 Å². The number of rotatable bonds is 10. The van der Waals surface area contributed by atoms with E-state index >= 15 is 0 Å². The van der Waals surface area contributed by atoms with E-state index in [-0.39, 0.29) is 24.3 Å². The number of Topliss-reactive ketones (excluding diaryl/α,β-unsaturated/α-hetero) is 1. The number of benzene rings is 1. The summed E-state index contributed by atoms with van der Waals surface area (Å²) in [5, 5.41) is 2.93. The molecule has 4 heteroatoms. The minimum absolute atomic E-state index is 0.000805. The zero-order valence-electron chi connectivity index (χ0n) is 13.9. The average molecular weight is 305 g/mol. The van der Waals surface area contributed by atoms with Crippen LogP contribution in [0.1, 0.15) is 63.2 Å². The number of hydrogen-bond acceptors (Lipinski definition) is 3. The molecule has 1 atom stereocenters. The molecule has 1 aromatic rings. The minimum Gasteiger partial charge on any atom is -0.484 e. The second kappa shape index (κ2) is 9.98. The summed E-state index contributed by atoms with van der Waals surface area (Å²) in [5.41, 5.74) is 0.670. The molecule has 0 radical (unpaired) electrons. The van der Waals surface area contributed by atoms with E-state index in [0.717, 1.165) is 12.8 Å². The normalized spacial score (nSPS) is 11.8. The van der Waals surface area contributed by atoms with Crippen LogP contribution in [-0.2, 0) is 4.79 Å². The van der Waals surface area contributed by atoms with Gasteiger partial charge in [-0.25, -0.2) is 0 Å². The van der Waals surface area contributed by atoms with Crippen molar-refractivity contribution in [3.63, 3.8) is 0 Å². The molecule has 1 rings (SSSR count). The largest absolute Gasteiger partial charge is 0.484 e. The van der Waals surface area contributed by atoms with Crippen molar-refractivity contribution in [3.8, 4) is 5.75 Å². The number of amides is 1. The summed E-state index contributed by atoms with van der Waals surface area (Å²) >= 11 is 0. The zero-order valence-corrected chi connectivity index (χ0v) is 13.9. The van der Waals surface area contributed by atoms with E-state index < -0.39 is 0 Å². The number of carbonyl (C=O) groups is 2. The van der Waals surface area contributed by atoms with Gasteiger partial charge in [0.05, 0.1) is 0 Å². The molecule has 0 saturated carbocycles. The predicted octanol–water partition coefficient (Wildman–Crippen LogP) is 3.74. The number of nitrogens with one attached hydrogen (secondary N) is 1. The van der Waals surface area contributed by atoms with Gasteiger partial charge in [-0.3, -0.25) is 9.59 Å². The van der Waals surface area contributed by atoms with Gasteiger partial charge in [0.2, 0.25) is 0 Å². The van der Waals surface area contributed by atoms with Gasteiger partial charge in [-0.15, -0.1) is 0 Å². The first-order chi connectivity index (χ1) is 10.6. The van der Waals surface area contributed by atoms with Crippen LogP contribution in [-0.4, -0.2) is 24.3 Å². The Labute approximate surface area is 133 Å². The highest BCUT2D eigenvalue weighted by molar-refractivity contribution is 5.95. The van der Waals surface area contributed by atoms with Gasteiger partial charge in [0.25, 0.3) is 5.91 Å². The lowest BCUT2D eigenvalue weighted by atomic mass is 10.1. The van der Waals surface area contributed by atoms with Crippen molar-refractivity contribution in [1.82, 2.24) is 5.32 Å². The highest BCUT2D eigenvalue weighted by Crippen LogP contribution is 2.13. The average Bonchev–Trinajstić information content (AvgIpc) is 2.53. The second-order valence-corrected chi connectivity index (χ2v) is 5.55. The topological polar surface area (TPSA) is 55.4 Å². The van der Waals surface area contributed by atoms with Gasteiger partial charge < -0.3 is 10.1 Å². The summed E-state index contributed by atoms with van der Waals surface area (Å²) in [5.74, 6) is 0.587. The molecule has 0 saturated heterocycles. The van der Waals surface area contributed by atoms with Crippen molar-refractivity contribution in [2.45, 2.75) is 58.9 Å². The van der Waals surface area contributed by atoms with E-state index in [1.165, 1.54) is 12.8 Å². The van der Waals surface area contributed by atoms with Gasteiger partial charge in [-0.2, -0.15) is 0 Å². The zero-order chi connectivity index (χ0) is 16.4. The quantitative estimate of drug-likeness (QED) is 0.529. The molecule has 22 heavy (non-hydrogen) atoms. The monoisotopic (exact) mass is 305 g/mol. The Balaban J connectivity index is 2.33. The Morgan fingerprint density at radius 1 is 1.14 bits per heavy atom. The molecule has 1 amide bonds. The third-order valence-corrected chi connectivity index (χ3v) is 3.52. The van der Waals surface area contributed by atoms with Crippen LogP contribution < -0.4 is 10.1 Å². The van der Waals surface area contributed by atoms with Crippen LogP contribution in [0.4, 0.5) is 0 Å². The maximum atomic E-state index is 11.8. The number of ether oxygens (including phenoxy) is 1. The highest BCUT2D eigenvalue weighted by atomic mass is 16.5. The van der Waals surface area contributed by atoms with Crippen LogP contribution in [0.5, 0.6) is 5.75 Å². The fraction of sp³-hybridized carbons (Fsp3) is 0.556. The molecule has 4 nitrogen and oxygen atoms in total. The van der Waals surface area contributed by atoms with Crippen LogP contribution >= 0.6 is 0 Å². The summed E-state index contributed by atoms with van der Waals surface area (Å²) in [4.78, 5) is 23.3. The minimum atomic E-state index is -0.113. The van der Waals surface area contributed by atoms with Gasteiger partial charge in [-0.05, 0) is 37.6 Å². The number of hydrogen-bond donors (Lipinski definition) is 1. The lowest BCUT2D eigenvalue weighted by molar-refractivity contribution is -0.123. The fourth-order valence-corrected chi connectivity index (χ4v) is 2.18. The Morgan fingerprint density at radius 3 is 2.41 bits per heavy atom. The van der Waals surface area contributed by atoms with Crippen molar-refractivity contribution in [2.24, 2.45) is 0 Å². The Bertz CT molecular complexity index is 468. The molecule has 1 unspecified atom stereocenters. The maximum absolute atomic E-state index is 11.8. The lowest BCUT2D eigenvalue weighted by Crippen LogP contribution is -2.36. The third-order valence-electron chi connectivity index (χ3n) is 3.52. The maximum Gasteiger partial charge on any atom is 0.258 e. The third kappa shape index (κ3) is 6.74. The van der Waals surface area contributed by atoms with Gasteiger partial charge in [0.15, 0.2) is 12.4 Å². The molecule has 0 aliphatic carbocycles. The molecule has 0 aliphatic rings. The summed E-state index contributed by atoms with van der Waals surface area (Å²) in [6.07, 6.45) is 4.98. The molecule has 0 bridgehead atoms. The highest BCUT2D eigenvalue weighted by Gasteiger charge is 2.08. The molecule has 1 aromatic carbocycles. The molecule has 122 valence electrons. The fourth-order valence-electron chi connectivity index (χ4n) is 2.18. The Morgan fingerprint density at radius 2 is 1.82 bits per heavy atom. The molecule has 0 fully saturated rings. The van der Waals surface area contributed by atoms with Crippen LogP contribution in [0, 0.1) is 0 Å². The van der Waals surface area contributed by atoms with E-state index in [1.807, 2.05) is 13.8 Å². The van der Waals surface area contributed by atoms with Gasteiger partial charge in [0.1, 0.15) is 5.75 Å². The molecular formula is C18H27NO3. The van der Waals surface area contributed by atoms with Crippen LogP contribution in [0.3, 0.4) is 0 Å². The van der Waals surface area contributed by atoms with Crippen molar-refractivity contribution < 1.29 is 14.3 Å². The first kappa shape index (κ1) is 18.2. The van der Waals surface area contributed by atoms with E-state index in [2.05, 4.69) is 12.2 Å². The van der Waals surface area contributed by atoms with Crippen molar-refractivity contribution >= 4 is 11.7 Å². The van der Waals surface area contributed by atoms with Crippen LogP contribution in [0.15, 0.2) is 24.3 Å². The smallest absolute Gasteiger partial charge is 0.258 e. The number of ketones is 1. The molecular weight excluding hydrogens is 278 g/mol. The second-order valence-electron chi connectivity index (χ2n) is 5.55. The summed E-state index contributed by atoms with van der Waals surface area (Å²) < 4.78 is 5.44. The molecule has 0 spiro atoms. The van der Waals surface area contributed by atoms with Crippen molar-refractivity contribution in [3.05, 3.63) is 29.8 Å². The summed E-state index contributed by atoms with van der Waals surface area (Å²) in [7, 11) is 0. The number of carbonyl (C=O) groups excluding carboxylic acids is 2. The summed E-state index contributed by atoms with van der Waals surface area (Å²) in [6.45, 7) is 6.01. The Hall–Kier alpha value is -1.84. The Kier molecular flexibility index (Phi) is 8.26. The predicted molar refractivity (Wildman–Crippen MR) is 88.3 cm³/mol. The first-order valence-electron chi connectivity index (χ1n) is 8.12. The summed E-state index contributed by atoms with van der Waals surface area (Å²) in [6, 6.07) is 7.08. The first-order valence-corrected chi connectivity index (χ1v) is 8.12. The van der Waals surface area contributed by atoms with Gasteiger partial charge >= 0.3 is 0 Å². The molecule has 0 heterocycles. The number of unbranched alkanes of at least 4 members (excludes halogenated alkanes) is 2. The molecule has 1 N–H and O–H groups in total. The lowest BCUT2D eigenvalue weighted by Gasteiger charge is -2.14. The van der Waals surface area contributed by atoms with Crippen molar-refractivity contribution in [2.75, 3.05) is 6.61 Å². The van der Waals surface area contributed by atoms with E-state index in [0.29, 0.717) is 17.7 Å². The van der Waals surface area contributed by atoms with Crippen LogP contribution in [0.2, 0.25) is 0 Å². The standard InChI is InChI=1S/C18H27NO3/c1-4-6-7-8-14(3)19-18(21)13-22-16-11-9-15(10-12-16)17(20)5-2/h9-12,14H,4-8,13H2,1-3H3,(H,19,21). The SMILES string of the molecule is CCCCCC(C)NC(=O)COc1ccc(C(=O)CC)cc1.